The third kappa shape index (κ3) is 4.23. The van der Waals surface area contributed by atoms with Crippen LogP contribution in [0.3, 0.4) is 0 Å². The highest BCUT2D eigenvalue weighted by Gasteiger charge is 2.28. The van der Waals surface area contributed by atoms with Crippen LogP contribution in [0.25, 0.3) is 0 Å². The van der Waals surface area contributed by atoms with Gasteiger partial charge in [-0.05, 0) is 17.5 Å². The molecule has 3 heterocycles. The number of carbonyl (C=O) groups is 2. The first-order valence-corrected chi connectivity index (χ1v) is 8.54. The summed E-state index contributed by atoms with van der Waals surface area (Å²) in [5.41, 5.74) is 2.39. The third-order valence-electron chi connectivity index (χ3n) is 4.16. The molecule has 0 aromatic carbocycles. The van der Waals surface area contributed by atoms with E-state index in [1.165, 1.54) is 0 Å². The Labute approximate surface area is 146 Å². The van der Waals surface area contributed by atoms with Gasteiger partial charge in [-0.3, -0.25) is 19.3 Å². The maximum absolute atomic E-state index is 12.4. The first-order chi connectivity index (χ1) is 12.0. The molecule has 0 aliphatic carbocycles. The van der Waals surface area contributed by atoms with Crippen LogP contribution in [0.5, 0.6) is 0 Å². The average molecular weight is 341 g/mol. The minimum Gasteiger partial charge on any atom is -0.351 e. The fourth-order valence-electron chi connectivity index (χ4n) is 3.01. The van der Waals surface area contributed by atoms with Crippen molar-refractivity contribution in [2.45, 2.75) is 45.8 Å². The van der Waals surface area contributed by atoms with Crippen LogP contribution < -0.4 is 10.6 Å². The normalized spacial score (nSPS) is 15.9. The zero-order chi connectivity index (χ0) is 17.8. The Morgan fingerprint density at radius 3 is 2.92 bits per heavy atom. The molecule has 3 rings (SSSR count). The van der Waals surface area contributed by atoms with Crippen molar-refractivity contribution in [1.29, 1.82) is 0 Å². The molecule has 2 N–H and O–H groups in total. The molecule has 2 amide bonds. The number of hydrogen-bond donors (Lipinski definition) is 2. The summed E-state index contributed by atoms with van der Waals surface area (Å²) in [6.45, 7) is 5.06. The molecule has 25 heavy (non-hydrogen) atoms. The predicted octanol–water partition coefficient (Wildman–Crippen LogP) is 1.30. The Morgan fingerprint density at radius 2 is 2.20 bits per heavy atom. The molecule has 0 saturated heterocycles. The maximum atomic E-state index is 12.4. The fourth-order valence-corrected chi connectivity index (χ4v) is 3.01. The molecule has 132 valence electrons. The highest BCUT2D eigenvalue weighted by molar-refractivity contribution is 5.95. The first-order valence-electron chi connectivity index (χ1n) is 8.54. The SMILES string of the molecule is CC(C)CC(=O)N[C@H]1Cc2c(C(=O)NCc3cccnc3)cnn2C1. The molecule has 0 unspecified atom stereocenters. The van der Waals surface area contributed by atoms with Gasteiger partial charge in [-0.2, -0.15) is 5.10 Å². The Hall–Kier alpha value is -2.70. The highest BCUT2D eigenvalue weighted by Crippen LogP contribution is 2.19. The number of fused-ring (bicyclic) bond motifs is 1. The van der Waals surface area contributed by atoms with Gasteiger partial charge in [0.05, 0.1) is 30.0 Å². The summed E-state index contributed by atoms with van der Waals surface area (Å²) in [6.07, 6.45) is 6.16. The summed E-state index contributed by atoms with van der Waals surface area (Å²) in [4.78, 5) is 28.4. The third-order valence-corrected chi connectivity index (χ3v) is 4.16. The average Bonchev–Trinajstić information content (AvgIpc) is 3.12. The number of amides is 2. The minimum atomic E-state index is -0.153. The van der Waals surface area contributed by atoms with Gasteiger partial charge in [0, 0.05) is 31.8 Å². The van der Waals surface area contributed by atoms with Crippen molar-refractivity contribution >= 4 is 11.8 Å². The van der Waals surface area contributed by atoms with Crippen LogP contribution in [-0.4, -0.2) is 32.6 Å². The molecule has 2 aromatic heterocycles. The van der Waals surface area contributed by atoms with Crippen LogP contribution in [-0.2, 0) is 24.3 Å². The van der Waals surface area contributed by atoms with Crippen LogP contribution in [0.1, 0.15) is 41.9 Å². The van der Waals surface area contributed by atoms with Gasteiger partial charge in [0.2, 0.25) is 5.91 Å². The van der Waals surface area contributed by atoms with Crippen molar-refractivity contribution in [3.63, 3.8) is 0 Å². The molecule has 0 saturated carbocycles. The van der Waals surface area contributed by atoms with E-state index in [-0.39, 0.29) is 17.9 Å². The molecule has 1 aliphatic heterocycles. The van der Waals surface area contributed by atoms with Crippen LogP contribution in [0, 0.1) is 5.92 Å². The van der Waals surface area contributed by atoms with Gasteiger partial charge in [0.25, 0.3) is 5.91 Å². The second kappa shape index (κ2) is 7.46. The number of nitrogens with one attached hydrogen (secondary N) is 2. The molecule has 2 aromatic rings. The molecule has 7 nitrogen and oxygen atoms in total. The summed E-state index contributed by atoms with van der Waals surface area (Å²) in [7, 11) is 0. The van der Waals surface area contributed by atoms with Crippen LogP contribution >= 0.6 is 0 Å². The maximum Gasteiger partial charge on any atom is 0.255 e. The van der Waals surface area contributed by atoms with Crippen LogP contribution in [0.2, 0.25) is 0 Å². The van der Waals surface area contributed by atoms with E-state index in [1.807, 2.05) is 26.0 Å². The van der Waals surface area contributed by atoms with Crippen molar-refractivity contribution in [2.24, 2.45) is 5.92 Å². The fraction of sp³-hybridized carbons (Fsp3) is 0.444. The zero-order valence-electron chi connectivity index (χ0n) is 14.5. The lowest BCUT2D eigenvalue weighted by Crippen LogP contribution is -2.36. The van der Waals surface area contributed by atoms with E-state index in [0.29, 0.717) is 37.4 Å². The standard InChI is InChI=1S/C18H23N5O2/c1-12(2)6-17(24)22-14-7-16-15(10-21-23(16)11-14)18(25)20-9-13-4-3-5-19-8-13/h3-5,8,10,12,14H,6-7,9,11H2,1-2H3,(H,20,25)(H,22,24)/t14-/m0/s1. The summed E-state index contributed by atoms with van der Waals surface area (Å²) < 4.78 is 1.80. The molecule has 0 radical (unpaired) electrons. The molecule has 7 heteroatoms. The Morgan fingerprint density at radius 1 is 1.36 bits per heavy atom. The van der Waals surface area contributed by atoms with Crippen molar-refractivity contribution in [2.75, 3.05) is 0 Å². The molecule has 1 atom stereocenters. The van der Waals surface area contributed by atoms with E-state index >= 15 is 0 Å². The lowest BCUT2D eigenvalue weighted by Gasteiger charge is -2.12. The Kier molecular flexibility index (Phi) is 5.11. The lowest BCUT2D eigenvalue weighted by atomic mass is 10.1. The quantitative estimate of drug-likeness (QED) is 0.829. The lowest BCUT2D eigenvalue weighted by molar-refractivity contribution is -0.122. The summed E-state index contributed by atoms with van der Waals surface area (Å²) in [5, 5.41) is 10.2. The van der Waals surface area contributed by atoms with Gasteiger partial charge < -0.3 is 10.6 Å². The zero-order valence-corrected chi connectivity index (χ0v) is 14.5. The monoisotopic (exact) mass is 341 g/mol. The number of carbonyl (C=O) groups excluding carboxylic acids is 2. The van der Waals surface area contributed by atoms with Crippen molar-refractivity contribution in [3.05, 3.63) is 47.5 Å². The highest BCUT2D eigenvalue weighted by atomic mass is 16.2. The smallest absolute Gasteiger partial charge is 0.255 e. The van der Waals surface area contributed by atoms with E-state index in [0.717, 1.165) is 11.3 Å². The van der Waals surface area contributed by atoms with Gasteiger partial charge in [0.1, 0.15) is 0 Å². The Balaban J connectivity index is 1.58. The van der Waals surface area contributed by atoms with Crippen LogP contribution in [0.15, 0.2) is 30.7 Å². The molecule has 0 fully saturated rings. The molecular formula is C18H23N5O2. The van der Waals surface area contributed by atoms with E-state index in [1.54, 1.807) is 23.3 Å². The number of hydrogen-bond acceptors (Lipinski definition) is 4. The van der Waals surface area contributed by atoms with E-state index in [4.69, 9.17) is 0 Å². The molecular weight excluding hydrogens is 318 g/mol. The topological polar surface area (TPSA) is 88.9 Å². The van der Waals surface area contributed by atoms with Crippen LogP contribution in [0.4, 0.5) is 0 Å². The van der Waals surface area contributed by atoms with E-state index in [9.17, 15) is 9.59 Å². The number of aromatic nitrogens is 3. The summed E-state index contributed by atoms with van der Waals surface area (Å²) in [6, 6.07) is 3.75. The number of pyridine rings is 1. The Bertz CT molecular complexity index is 754. The first kappa shape index (κ1) is 17.1. The largest absolute Gasteiger partial charge is 0.351 e. The van der Waals surface area contributed by atoms with E-state index < -0.39 is 0 Å². The minimum absolute atomic E-state index is 0.000164. The van der Waals surface area contributed by atoms with E-state index in [2.05, 4.69) is 20.7 Å². The second-order valence-corrected chi connectivity index (χ2v) is 6.80. The predicted molar refractivity (Wildman–Crippen MR) is 92.7 cm³/mol. The van der Waals surface area contributed by atoms with Gasteiger partial charge in [-0.15, -0.1) is 0 Å². The second-order valence-electron chi connectivity index (χ2n) is 6.80. The van der Waals surface area contributed by atoms with Gasteiger partial charge in [-0.1, -0.05) is 19.9 Å². The summed E-state index contributed by atoms with van der Waals surface area (Å²) >= 11 is 0. The molecule has 1 aliphatic rings. The summed E-state index contributed by atoms with van der Waals surface area (Å²) in [5.74, 6) is 0.222. The van der Waals surface area contributed by atoms with Crippen molar-refractivity contribution in [3.8, 4) is 0 Å². The molecule has 0 spiro atoms. The molecule has 0 bridgehead atoms. The van der Waals surface area contributed by atoms with Gasteiger partial charge in [-0.25, -0.2) is 0 Å². The number of rotatable bonds is 6. The van der Waals surface area contributed by atoms with Gasteiger partial charge >= 0.3 is 0 Å². The number of nitrogens with zero attached hydrogens (tertiary/aromatic N) is 3. The van der Waals surface area contributed by atoms with Crippen molar-refractivity contribution < 1.29 is 9.59 Å². The van der Waals surface area contributed by atoms with Crippen molar-refractivity contribution in [1.82, 2.24) is 25.4 Å². The van der Waals surface area contributed by atoms with Gasteiger partial charge in [0.15, 0.2) is 0 Å².